The van der Waals surface area contributed by atoms with E-state index in [0.717, 1.165) is 36.7 Å². The van der Waals surface area contributed by atoms with Crippen LogP contribution in [0.4, 0.5) is 0 Å². The van der Waals surface area contributed by atoms with Gasteiger partial charge in [-0.25, -0.2) is 0 Å². The van der Waals surface area contributed by atoms with Gasteiger partial charge in [-0.1, -0.05) is 27.5 Å². The van der Waals surface area contributed by atoms with Crippen molar-refractivity contribution in [1.82, 2.24) is 4.90 Å². The molecule has 1 aromatic rings. The summed E-state index contributed by atoms with van der Waals surface area (Å²) in [6, 6.07) is 5.71. The van der Waals surface area contributed by atoms with Crippen LogP contribution in [0.3, 0.4) is 0 Å². The zero-order valence-corrected chi connectivity index (χ0v) is 13.6. The number of carbonyl (C=O) groups is 1. The van der Waals surface area contributed by atoms with E-state index in [1.54, 1.807) is 12.1 Å². The normalized spacial score (nSPS) is 18.9. The number of alkyl halides is 1. The third-order valence-electron chi connectivity index (χ3n) is 3.47. The summed E-state index contributed by atoms with van der Waals surface area (Å²) in [5.74, 6) is 0.687. The van der Waals surface area contributed by atoms with Crippen molar-refractivity contribution >= 4 is 45.0 Å². The Labute approximate surface area is 132 Å². The van der Waals surface area contributed by atoms with E-state index >= 15 is 0 Å². The number of benzene rings is 1. The van der Waals surface area contributed by atoms with Gasteiger partial charge in [-0.05, 0) is 43.9 Å². The van der Waals surface area contributed by atoms with E-state index < -0.39 is 0 Å². The fourth-order valence-electron chi connectivity index (χ4n) is 2.53. The topological polar surface area (TPSA) is 20.3 Å². The molecule has 1 amide bonds. The van der Waals surface area contributed by atoms with Crippen molar-refractivity contribution < 1.29 is 4.79 Å². The summed E-state index contributed by atoms with van der Waals surface area (Å²) in [6.07, 6.45) is 4.05. The van der Waals surface area contributed by atoms with Gasteiger partial charge < -0.3 is 4.90 Å². The largest absolute Gasteiger partial charge is 0.336 e. The van der Waals surface area contributed by atoms with Crippen molar-refractivity contribution in [2.75, 3.05) is 12.4 Å². The molecule has 1 fully saturated rings. The van der Waals surface area contributed by atoms with Crippen LogP contribution >= 0.6 is 39.1 Å². The van der Waals surface area contributed by atoms with E-state index in [4.69, 9.17) is 23.2 Å². The van der Waals surface area contributed by atoms with Crippen LogP contribution in [0.25, 0.3) is 0 Å². The second-order valence-corrected chi connectivity index (χ2v) is 6.45. The first-order valence-electron chi connectivity index (χ1n) is 6.45. The van der Waals surface area contributed by atoms with E-state index in [1.165, 1.54) is 0 Å². The molecule has 0 N–H and O–H groups in total. The molecule has 0 saturated carbocycles. The van der Waals surface area contributed by atoms with Crippen LogP contribution < -0.4 is 0 Å². The van der Waals surface area contributed by atoms with E-state index in [9.17, 15) is 4.79 Å². The molecule has 1 saturated heterocycles. The quantitative estimate of drug-likeness (QED) is 0.707. The Bertz CT molecular complexity index is 467. The Hall–Kier alpha value is -0.250. The lowest BCUT2D eigenvalue weighted by atomic mass is 10.1. The molecular formula is C14H16BrCl2NO. The fourth-order valence-corrected chi connectivity index (χ4v) is 3.44. The first-order chi connectivity index (χ1) is 9.13. The number of amides is 1. The number of halogens is 3. The van der Waals surface area contributed by atoms with E-state index in [-0.39, 0.29) is 5.91 Å². The molecular weight excluding hydrogens is 349 g/mol. The summed E-state index contributed by atoms with van der Waals surface area (Å²) in [6.45, 7) is 0.818. The highest BCUT2D eigenvalue weighted by molar-refractivity contribution is 9.10. The fraction of sp³-hybridized carbons (Fsp3) is 0.500. The lowest BCUT2D eigenvalue weighted by molar-refractivity contribution is 0.0730. The van der Waals surface area contributed by atoms with E-state index in [1.807, 2.05) is 11.0 Å². The summed E-state index contributed by atoms with van der Waals surface area (Å²) >= 11 is 15.2. The van der Waals surface area contributed by atoms with Gasteiger partial charge in [-0.3, -0.25) is 4.79 Å². The maximum atomic E-state index is 12.5. The molecule has 1 aliphatic rings. The van der Waals surface area contributed by atoms with E-state index in [0.29, 0.717) is 22.5 Å². The zero-order chi connectivity index (χ0) is 13.8. The van der Waals surface area contributed by atoms with Gasteiger partial charge in [0.05, 0.1) is 10.6 Å². The van der Waals surface area contributed by atoms with Gasteiger partial charge in [-0.2, -0.15) is 0 Å². The smallest absolute Gasteiger partial charge is 0.255 e. The average Bonchev–Trinajstić information content (AvgIpc) is 2.83. The molecule has 2 rings (SSSR count). The highest BCUT2D eigenvalue weighted by atomic mass is 79.9. The van der Waals surface area contributed by atoms with Crippen LogP contribution in [0.2, 0.25) is 5.02 Å². The predicted octanol–water partition coefficient (Wildman–Crippen LogP) is 4.73. The minimum atomic E-state index is 0.0366. The van der Waals surface area contributed by atoms with Crippen LogP contribution in [0.5, 0.6) is 0 Å². The Balaban J connectivity index is 2.13. The number of nitrogens with zero attached hydrogens (tertiary/aromatic N) is 1. The predicted molar refractivity (Wildman–Crippen MR) is 83.2 cm³/mol. The van der Waals surface area contributed by atoms with Gasteiger partial charge in [0.1, 0.15) is 0 Å². The third kappa shape index (κ3) is 3.65. The number of likely N-dealkylation sites (tertiary alicyclic amines) is 1. The SMILES string of the molecule is O=C(c1ccc(Br)cc1Cl)N1CCCC1CCCCl. The number of rotatable bonds is 4. The van der Waals surface area contributed by atoms with Crippen molar-refractivity contribution in [3.8, 4) is 0 Å². The zero-order valence-electron chi connectivity index (χ0n) is 10.5. The molecule has 0 aromatic heterocycles. The molecule has 1 aliphatic heterocycles. The van der Waals surface area contributed by atoms with Crippen LogP contribution in [0.1, 0.15) is 36.0 Å². The number of carbonyl (C=O) groups excluding carboxylic acids is 1. The highest BCUT2D eigenvalue weighted by Crippen LogP contribution is 2.27. The van der Waals surface area contributed by atoms with Gasteiger partial charge in [0.25, 0.3) is 5.91 Å². The molecule has 0 aliphatic carbocycles. The Kier molecular flexibility index (Phi) is 5.55. The van der Waals surface area contributed by atoms with Gasteiger partial charge in [0.2, 0.25) is 0 Å². The van der Waals surface area contributed by atoms with Crippen LogP contribution in [-0.2, 0) is 0 Å². The van der Waals surface area contributed by atoms with Crippen molar-refractivity contribution in [3.05, 3.63) is 33.3 Å². The maximum absolute atomic E-state index is 12.5. The van der Waals surface area contributed by atoms with Gasteiger partial charge in [0, 0.05) is 22.9 Å². The van der Waals surface area contributed by atoms with Gasteiger partial charge in [0.15, 0.2) is 0 Å². The Morgan fingerprint density at radius 1 is 1.47 bits per heavy atom. The summed E-state index contributed by atoms with van der Waals surface area (Å²) in [4.78, 5) is 14.5. The molecule has 5 heteroatoms. The molecule has 104 valence electrons. The molecule has 2 nitrogen and oxygen atoms in total. The van der Waals surface area contributed by atoms with Crippen molar-refractivity contribution in [2.24, 2.45) is 0 Å². The van der Waals surface area contributed by atoms with Crippen molar-refractivity contribution in [2.45, 2.75) is 31.7 Å². The molecule has 0 radical (unpaired) electrons. The second kappa shape index (κ2) is 6.96. The summed E-state index contributed by atoms with van der Waals surface area (Å²) in [7, 11) is 0. The average molecular weight is 365 g/mol. The van der Waals surface area contributed by atoms with Crippen LogP contribution in [0.15, 0.2) is 22.7 Å². The molecule has 1 unspecified atom stereocenters. The lowest BCUT2D eigenvalue weighted by Crippen LogP contribution is -2.35. The Morgan fingerprint density at radius 3 is 2.95 bits per heavy atom. The molecule has 0 spiro atoms. The molecule has 1 atom stereocenters. The highest BCUT2D eigenvalue weighted by Gasteiger charge is 2.29. The van der Waals surface area contributed by atoms with Crippen LogP contribution in [-0.4, -0.2) is 29.3 Å². The summed E-state index contributed by atoms with van der Waals surface area (Å²) in [5.41, 5.74) is 0.586. The third-order valence-corrected chi connectivity index (χ3v) is 4.54. The van der Waals surface area contributed by atoms with Gasteiger partial charge in [-0.15, -0.1) is 11.6 Å². The van der Waals surface area contributed by atoms with E-state index in [2.05, 4.69) is 15.9 Å². The van der Waals surface area contributed by atoms with Gasteiger partial charge >= 0.3 is 0 Å². The molecule has 19 heavy (non-hydrogen) atoms. The minimum Gasteiger partial charge on any atom is -0.336 e. The van der Waals surface area contributed by atoms with Crippen molar-refractivity contribution in [3.63, 3.8) is 0 Å². The molecule has 0 bridgehead atoms. The molecule has 1 heterocycles. The minimum absolute atomic E-state index is 0.0366. The summed E-state index contributed by atoms with van der Waals surface area (Å²) in [5, 5.41) is 0.502. The Morgan fingerprint density at radius 2 is 2.26 bits per heavy atom. The monoisotopic (exact) mass is 363 g/mol. The molecule has 1 aromatic carbocycles. The second-order valence-electron chi connectivity index (χ2n) is 4.75. The number of hydrogen-bond acceptors (Lipinski definition) is 1. The number of hydrogen-bond donors (Lipinski definition) is 0. The standard InChI is InChI=1S/C14H16BrCl2NO/c15-10-5-6-12(13(17)9-10)14(19)18-8-2-4-11(18)3-1-7-16/h5-6,9,11H,1-4,7-8H2. The van der Waals surface area contributed by atoms with Crippen LogP contribution in [0, 0.1) is 0 Å². The lowest BCUT2D eigenvalue weighted by Gasteiger charge is -2.25. The summed E-state index contributed by atoms with van der Waals surface area (Å²) < 4.78 is 0.883. The maximum Gasteiger partial charge on any atom is 0.255 e. The first kappa shape index (κ1) is 15.1. The van der Waals surface area contributed by atoms with Crippen molar-refractivity contribution in [1.29, 1.82) is 0 Å². The first-order valence-corrected chi connectivity index (χ1v) is 8.16.